The summed E-state index contributed by atoms with van der Waals surface area (Å²) in [7, 11) is 0. The first-order chi connectivity index (χ1) is 8.77. The first-order valence-electron chi connectivity index (χ1n) is 6.33. The number of rotatable bonds is 4. The van der Waals surface area contributed by atoms with Crippen LogP contribution >= 0.6 is 11.8 Å². The Morgan fingerprint density at radius 2 is 2.28 bits per heavy atom. The molecule has 7 heteroatoms. The van der Waals surface area contributed by atoms with E-state index in [1.165, 1.54) is 0 Å². The first kappa shape index (κ1) is 13.6. The van der Waals surface area contributed by atoms with Crippen molar-refractivity contribution in [3.8, 4) is 6.07 Å². The van der Waals surface area contributed by atoms with Gasteiger partial charge in [0.15, 0.2) is 0 Å². The molecule has 2 rings (SSSR count). The molecule has 0 spiro atoms. The van der Waals surface area contributed by atoms with Gasteiger partial charge in [0.05, 0.1) is 17.4 Å². The number of nitroso groups, excluding NO2 is 1. The number of thioether (sulfide) groups is 1. The zero-order chi connectivity index (χ0) is 13.0. The van der Waals surface area contributed by atoms with Crippen LogP contribution in [0.3, 0.4) is 0 Å². The quantitative estimate of drug-likeness (QED) is 0.605. The third kappa shape index (κ3) is 2.76. The van der Waals surface area contributed by atoms with E-state index < -0.39 is 0 Å². The summed E-state index contributed by atoms with van der Waals surface area (Å²) < 4.78 is 0. The van der Waals surface area contributed by atoms with Gasteiger partial charge in [-0.05, 0) is 32.9 Å². The van der Waals surface area contributed by atoms with Crippen LogP contribution in [0.25, 0.3) is 0 Å². The standard InChI is InChI=1S/C11H19N5OS/c1-9(15-8-18-7-11(15)6-12)16(14-17)10-2-4-13-5-3-10/h9-11,13H,2-5,7-8H2,1H3. The molecule has 0 aromatic heterocycles. The van der Waals surface area contributed by atoms with Crippen LogP contribution in [-0.2, 0) is 0 Å². The van der Waals surface area contributed by atoms with Crippen LogP contribution in [0, 0.1) is 16.2 Å². The maximum atomic E-state index is 11.1. The molecule has 0 saturated carbocycles. The molecule has 2 atom stereocenters. The molecule has 2 aliphatic rings. The van der Waals surface area contributed by atoms with Crippen molar-refractivity contribution in [3.05, 3.63) is 4.91 Å². The molecule has 2 unspecified atom stereocenters. The number of hydrogen-bond donors (Lipinski definition) is 1. The molecule has 2 heterocycles. The van der Waals surface area contributed by atoms with Crippen molar-refractivity contribution in [3.63, 3.8) is 0 Å². The van der Waals surface area contributed by atoms with Crippen LogP contribution in [-0.4, -0.2) is 52.9 Å². The van der Waals surface area contributed by atoms with Crippen molar-refractivity contribution in [1.29, 1.82) is 5.26 Å². The van der Waals surface area contributed by atoms with E-state index in [0.717, 1.165) is 37.6 Å². The second-order valence-electron chi connectivity index (χ2n) is 4.73. The highest BCUT2D eigenvalue weighted by molar-refractivity contribution is 7.99. The monoisotopic (exact) mass is 269 g/mol. The van der Waals surface area contributed by atoms with Crippen LogP contribution in [0.2, 0.25) is 0 Å². The minimum atomic E-state index is -0.101. The summed E-state index contributed by atoms with van der Waals surface area (Å²) in [4.78, 5) is 13.2. The fraction of sp³-hybridized carbons (Fsp3) is 0.909. The third-order valence-corrected chi connectivity index (χ3v) is 4.74. The number of nitriles is 1. The van der Waals surface area contributed by atoms with E-state index in [0.29, 0.717) is 0 Å². The average molecular weight is 269 g/mol. The van der Waals surface area contributed by atoms with Crippen molar-refractivity contribution in [2.24, 2.45) is 5.29 Å². The summed E-state index contributed by atoms with van der Waals surface area (Å²) in [6.45, 7) is 3.83. The van der Waals surface area contributed by atoms with Gasteiger partial charge in [0.1, 0.15) is 12.2 Å². The molecular weight excluding hydrogens is 250 g/mol. The van der Waals surface area contributed by atoms with Gasteiger partial charge in [0.2, 0.25) is 0 Å². The van der Waals surface area contributed by atoms with E-state index in [1.807, 2.05) is 6.92 Å². The van der Waals surface area contributed by atoms with Crippen molar-refractivity contribution >= 4 is 11.8 Å². The Hall–Kier alpha value is -0.840. The van der Waals surface area contributed by atoms with Gasteiger partial charge in [-0.25, -0.2) is 5.01 Å². The van der Waals surface area contributed by atoms with Gasteiger partial charge in [0, 0.05) is 11.6 Å². The first-order valence-corrected chi connectivity index (χ1v) is 7.49. The highest BCUT2D eigenvalue weighted by Gasteiger charge is 2.35. The van der Waals surface area contributed by atoms with E-state index in [4.69, 9.17) is 5.26 Å². The summed E-state index contributed by atoms with van der Waals surface area (Å²) in [5.41, 5.74) is 0. The zero-order valence-corrected chi connectivity index (χ0v) is 11.4. The Bertz CT molecular complexity index is 328. The Balaban J connectivity index is 2.02. The van der Waals surface area contributed by atoms with Crippen LogP contribution < -0.4 is 5.32 Å². The highest BCUT2D eigenvalue weighted by Crippen LogP contribution is 2.26. The van der Waals surface area contributed by atoms with E-state index in [1.54, 1.807) is 16.8 Å². The van der Waals surface area contributed by atoms with Crippen molar-refractivity contribution in [1.82, 2.24) is 15.2 Å². The van der Waals surface area contributed by atoms with Gasteiger partial charge >= 0.3 is 0 Å². The zero-order valence-electron chi connectivity index (χ0n) is 10.6. The number of piperidine rings is 1. The maximum absolute atomic E-state index is 11.1. The molecule has 0 bridgehead atoms. The minimum absolute atomic E-state index is 0.0924. The summed E-state index contributed by atoms with van der Waals surface area (Å²) in [6.07, 6.45) is 1.79. The molecule has 0 amide bonds. The lowest BCUT2D eigenvalue weighted by Crippen LogP contribution is -2.52. The second-order valence-corrected chi connectivity index (χ2v) is 5.73. The van der Waals surface area contributed by atoms with E-state index in [-0.39, 0.29) is 18.2 Å². The van der Waals surface area contributed by atoms with Gasteiger partial charge in [-0.3, -0.25) is 4.90 Å². The predicted molar refractivity (Wildman–Crippen MR) is 71.6 cm³/mol. The third-order valence-electron chi connectivity index (χ3n) is 3.71. The van der Waals surface area contributed by atoms with Crippen LogP contribution in [0.1, 0.15) is 19.8 Å². The summed E-state index contributed by atoms with van der Waals surface area (Å²) >= 11 is 1.74. The van der Waals surface area contributed by atoms with Gasteiger partial charge in [-0.2, -0.15) is 5.26 Å². The van der Waals surface area contributed by atoms with Gasteiger partial charge in [-0.1, -0.05) is 0 Å². The number of hydrogen-bond acceptors (Lipinski definition) is 6. The summed E-state index contributed by atoms with van der Waals surface area (Å²) in [5, 5.41) is 17.3. The SMILES string of the molecule is CC(N1CSCC1C#N)N(N=O)C1CCNCC1. The Morgan fingerprint density at radius 1 is 1.56 bits per heavy atom. The van der Waals surface area contributed by atoms with Crippen LogP contribution in [0.4, 0.5) is 0 Å². The fourth-order valence-electron chi connectivity index (χ4n) is 2.60. The maximum Gasteiger partial charge on any atom is 0.109 e. The molecule has 0 aromatic carbocycles. The Kier molecular flexibility index (Phi) is 4.80. The molecule has 0 aliphatic carbocycles. The lowest BCUT2D eigenvalue weighted by Gasteiger charge is -2.38. The lowest BCUT2D eigenvalue weighted by atomic mass is 10.1. The van der Waals surface area contributed by atoms with Crippen molar-refractivity contribution in [2.45, 2.75) is 38.0 Å². The summed E-state index contributed by atoms with van der Waals surface area (Å²) in [5.74, 6) is 1.62. The molecule has 2 saturated heterocycles. The molecule has 2 fully saturated rings. The Morgan fingerprint density at radius 3 is 2.89 bits per heavy atom. The van der Waals surface area contributed by atoms with E-state index >= 15 is 0 Å². The lowest BCUT2D eigenvalue weighted by molar-refractivity contribution is 0.0193. The predicted octanol–water partition coefficient (Wildman–Crippen LogP) is 0.966. The Labute approximate surface area is 112 Å². The van der Waals surface area contributed by atoms with Crippen LogP contribution in [0.15, 0.2) is 5.29 Å². The summed E-state index contributed by atoms with van der Waals surface area (Å²) in [6, 6.07) is 2.40. The number of nitrogens with one attached hydrogen (secondary N) is 1. The normalized spacial score (nSPS) is 27.7. The largest absolute Gasteiger partial charge is 0.317 e. The molecular formula is C11H19N5OS. The molecule has 1 N–H and O–H groups in total. The minimum Gasteiger partial charge on any atom is -0.317 e. The highest BCUT2D eigenvalue weighted by atomic mass is 32.2. The van der Waals surface area contributed by atoms with Gasteiger partial charge in [-0.15, -0.1) is 16.7 Å². The molecule has 18 heavy (non-hydrogen) atoms. The van der Waals surface area contributed by atoms with Gasteiger partial charge < -0.3 is 5.32 Å². The molecule has 6 nitrogen and oxygen atoms in total. The second kappa shape index (κ2) is 6.36. The fourth-order valence-corrected chi connectivity index (χ4v) is 3.80. The smallest absolute Gasteiger partial charge is 0.109 e. The molecule has 2 aliphatic heterocycles. The van der Waals surface area contributed by atoms with Crippen molar-refractivity contribution in [2.75, 3.05) is 24.7 Å². The van der Waals surface area contributed by atoms with Crippen molar-refractivity contribution < 1.29 is 0 Å². The van der Waals surface area contributed by atoms with Gasteiger partial charge in [0.25, 0.3) is 0 Å². The molecule has 0 radical (unpaired) electrons. The molecule has 100 valence electrons. The number of nitrogens with zero attached hydrogens (tertiary/aromatic N) is 4. The van der Waals surface area contributed by atoms with E-state index in [2.05, 4.69) is 21.6 Å². The average Bonchev–Trinajstić information content (AvgIpc) is 2.89. The van der Waals surface area contributed by atoms with Crippen LogP contribution in [0.5, 0.6) is 0 Å². The van der Waals surface area contributed by atoms with E-state index in [9.17, 15) is 4.91 Å². The topological polar surface area (TPSA) is 71.7 Å². The molecule has 0 aromatic rings.